The minimum absolute atomic E-state index is 0. The van der Waals surface area contributed by atoms with Crippen molar-refractivity contribution < 1.29 is 6.22 Å². The van der Waals surface area contributed by atoms with E-state index in [9.17, 15) is 4.79 Å². The molecule has 1 saturated carbocycles. The minimum Gasteiger partial charge on any atom is -0.294 e. The molecule has 0 atom stereocenters. The second-order valence-corrected chi connectivity index (χ2v) is 5.51. The van der Waals surface area contributed by atoms with Gasteiger partial charge in [-0.15, -0.1) is 0 Å². The Kier molecular flexibility index (Phi) is 6.31. The number of hydrogen-bond acceptors (Lipinski definition) is 3. The van der Waals surface area contributed by atoms with E-state index in [4.69, 9.17) is 0 Å². The molecular weight excluding hydrogens is 274 g/mol. The molecule has 120 valence electrons. The van der Waals surface area contributed by atoms with Crippen molar-refractivity contribution in [1.82, 2.24) is 15.2 Å². The van der Waals surface area contributed by atoms with Gasteiger partial charge in [-0.3, -0.25) is 14.9 Å². The molecule has 0 spiro atoms. The van der Waals surface area contributed by atoms with Crippen LogP contribution < -0.4 is 0 Å². The van der Waals surface area contributed by atoms with E-state index in [-0.39, 0.29) is 7.21 Å². The maximum Gasteiger partial charge on any atom is 0.166 e. The highest BCUT2D eigenvalue weighted by Gasteiger charge is 2.19. The Balaban J connectivity index is 0.000000849. The highest BCUT2D eigenvalue weighted by molar-refractivity contribution is 6.01. The number of carbonyl (C=O) groups excluding carboxylic acids is 1. The van der Waals surface area contributed by atoms with Gasteiger partial charge in [0.15, 0.2) is 5.78 Å². The van der Waals surface area contributed by atoms with E-state index in [1.165, 1.54) is 25.7 Å². The van der Waals surface area contributed by atoms with Crippen LogP contribution in [0.4, 0.5) is 0 Å². The van der Waals surface area contributed by atoms with E-state index >= 15 is 0 Å². The second kappa shape index (κ2) is 8.47. The van der Waals surface area contributed by atoms with Crippen LogP contribution in [-0.4, -0.2) is 21.0 Å². The summed E-state index contributed by atoms with van der Waals surface area (Å²) in [6, 6.07) is 3.78. The summed E-state index contributed by atoms with van der Waals surface area (Å²) in [5, 5.41) is 6.97. The third kappa shape index (κ3) is 4.03. The molecule has 0 amide bonds. The van der Waals surface area contributed by atoms with E-state index in [0.717, 1.165) is 23.6 Å². The molecule has 1 aliphatic rings. The Hall–Kier alpha value is -1.97. The maximum atomic E-state index is 12.4. The van der Waals surface area contributed by atoms with Crippen molar-refractivity contribution in [2.24, 2.45) is 5.92 Å². The van der Waals surface area contributed by atoms with E-state index in [0.29, 0.717) is 12.0 Å². The van der Waals surface area contributed by atoms with Crippen molar-refractivity contribution in [2.45, 2.75) is 52.4 Å². The molecule has 2 aromatic rings. The first-order valence-corrected chi connectivity index (χ1v) is 8.31. The van der Waals surface area contributed by atoms with Gasteiger partial charge in [-0.1, -0.05) is 39.5 Å². The molecule has 0 unspecified atom stereocenters. The number of pyridine rings is 1. The molecule has 0 saturated heterocycles. The molecule has 4 heteroatoms. The standard InChI is InChI=1S/C16H19N3O.C2H6.H2/c20-15(6-5-12-3-1-2-4-12)14-11-18-19-16(14)13-7-9-17-10-8-13;1-2;/h7-12H,1-6H2,(H,18,19);1-2H3;1H. The lowest BCUT2D eigenvalue weighted by molar-refractivity contribution is 0.0974. The van der Waals surface area contributed by atoms with Gasteiger partial charge < -0.3 is 0 Å². The summed E-state index contributed by atoms with van der Waals surface area (Å²) >= 11 is 0. The highest BCUT2D eigenvalue weighted by Crippen LogP contribution is 2.30. The van der Waals surface area contributed by atoms with Gasteiger partial charge in [-0.05, 0) is 24.5 Å². The molecule has 1 aliphatic carbocycles. The molecule has 0 aliphatic heterocycles. The molecule has 1 N–H and O–H groups in total. The summed E-state index contributed by atoms with van der Waals surface area (Å²) in [6.07, 6.45) is 12.0. The first-order chi connectivity index (χ1) is 10.8. The van der Waals surface area contributed by atoms with Crippen molar-refractivity contribution in [3.8, 4) is 11.3 Å². The molecular formula is C18H27N3O. The quantitative estimate of drug-likeness (QED) is 0.799. The lowest BCUT2D eigenvalue weighted by atomic mass is 9.97. The zero-order valence-corrected chi connectivity index (χ0v) is 13.5. The predicted octanol–water partition coefficient (Wildman–Crippen LogP) is 4.90. The van der Waals surface area contributed by atoms with Crippen LogP contribution in [0.25, 0.3) is 11.3 Å². The number of aromatic amines is 1. The number of H-pyrrole nitrogens is 1. The van der Waals surface area contributed by atoms with E-state index < -0.39 is 0 Å². The molecule has 4 nitrogen and oxygen atoms in total. The van der Waals surface area contributed by atoms with Gasteiger partial charge in [-0.25, -0.2) is 0 Å². The van der Waals surface area contributed by atoms with E-state index in [1.54, 1.807) is 18.6 Å². The summed E-state index contributed by atoms with van der Waals surface area (Å²) in [5.41, 5.74) is 2.47. The van der Waals surface area contributed by atoms with Crippen LogP contribution in [-0.2, 0) is 0 Å². The number of rotatable bonds is 5. The number of carbonyl (C=O) groups is 1. The summed E-state index contributed by atoms with van der Waals surface area (Å²) in [6.45, 7) is 4.00. The van der Waals surface area contributed by atoms with Crippen LogP contribution in [0.5, 0.6) is 0 Å². The maximum absolute atomic E-state index is 12.4. The fraction of sp³-hybridized carbons (Fsp3) is 0.500. The van der Waals surface area contributed by atoms with Gasteiger partial charge in [0.2, 0.25) is 0 Å². The summed E-state index contributed by atoms with van der Waals surface area (Å²) in [4.78, 5) is 16.4. The van der Waals surface area contributed by atoms with Crippen LogP contribution in [0.3, 0.4) is 0 Å². The third-order valence-electron chi connectivity index (χ3n) is 4.16. The monoisotopic (exact) mass is 301 g/mol. The van der Waals surface area contributed by atoms with Crippen LogP contribution >= 0.6 is 0 Å². The highest BCUT2D eigenvalue weighted by atomic mass is 16.1. The van der Waals surface area contributed by atoms with Gasteiger partial charge >= 0.3 is 0 Å². The van der Waals surface area contributed by atoms with Crippen LogP contribution in [0, 0.1) is 5.92 Å². The summed E-state index contributed by atoms with van der Waals surface area (Å²) < 4.78 is 0. The predicted molar refractivity (Wildman–Crippen MR) is 90.8 cm³/mol. The Labute approximate surface area is 133 Å². The Bertz CT molecular complexity index is 577. The number of nitrogens with one attached hydrogen (secondary N) is 1. The second-order valence-electron chi connectivity index (χ2n) is 5.51. The molecule has 0 aromatic carbocycles. The Morgan fingerprint density at radius 3 is 2.64 bits per heavy atom. The normalized spacial score (nSPS) is 14.5. The van der Waals surface area contributed by atoms with Crippen molar-refractivity contribution in [3.05, 3.63) is 36.3 Å². The SMILES string of the molecule is CC.O=C(CCC1CCCC1)c1cn[nH]c1-c1ccncc1.[HH]. The number of hydrogen-bond donors (Lipinski definition) is 1. The van der Waals surface area contributed by atoms with Crippen molar-refractivity contribution >= 4 is 5.78 Å². The van der Waals surface area contributed by atoms with Gasteiger partial charge in [0.1, 0.15) is 0 Å². The topological polar surface area (TPSA) is 58.6 Å². The van der Waals surface area contributed by atoms with E-state index in [1.807, 2.05) is 26.0 Å². The molecule has 0 radical (unpaired) electrons. The largest absolute Gasteiger partial charge is 0.294 e. The van der Waals surface area contributed by atoms with Gasteiger partial charge in [-0.2, -0.15) is 5.10 Å². The molecule has 22 heavy (non-hydrogen) atoms. The average molecular weight is 301 g/mol. The number of Topliss-reactive ketones (excluding diaryl/α,β-unsaturated/α-hetero) is 1. The molecule has 2 heterocycles. The molecule has 1 fully saturated rings. The molecule has 3 rings (SSSR count). The van der Waals surface area contributed by atoms with Crippen molar-refractivity contribution in [2.75, 3.05) is 0 Å². The summed E-state index contributed by atoms with van der Waals surface area (Å²) in [7, 11) is 0. The van der Waals surface area contributed by atoms with Crippen LogP contribution in [0.1, 0.15) is 64.2 Å². The first-order valence-electron chi connectivity index (χ1n) is 8.31. The number of aromatic nitrogens is 3. The lowest BCUT2D eigenvalue weighted by Crippen LogP contribution is -2.03. The fourth-order valence-electron chi connectivity index (χ4n) is 3.01. The van der Waals surface area contributed by atoms with Crippen molar-refractivity contribution in [1.29, 1.82) is 0 Å². The summed E-state index contributed by atoms with van der Waals surface area (Å²) in [5.74, 6) is 0.938. The number of nitrogens with zero attached hydrogens (tertiary/aromatic N) is 2. The Morgan fingerprint density at radius 1 is 1.27 bits per heavy atom. The minimum atomic E-state index is 0. The average Bonchev–Trinajstić information content (AvgIpc) is 3.27. The van der Waals surface area contributed by atoms with Gasteiger partial charge in [0, 0.05) is 25.8 Å². The van der Waals surface area contributed by atoms with Gasteiger partial charge in [0.25, 0.3) is 0 Å². The zero-order valence-electron chi connectivity index (χ0n) is 13.5. The Morgan fingerprint density at radius 2 is 1.95 bits per heavy atom. The zero-order chi connectivity index (χ0) is 15.8. The lowest BCUT2D eigenvalue weighted by Gasteiger charge is -2.07. The smallest absolute Gasteiger partial charge is 0.166 e. The fourth-order valence-corrected chi connectivity index (χ4v) is 3.01. The first kappa shape index (κ1) is 16.4. The third-order valence-corrected chi connectivity index (χ3v) is 4.16. The number of ketones is 1. The van der Waals surface area contributed by atoms with Gasteiger partial charge in [0.05, 0.1) is 17.5 Å². The molecule has 0 bridgehead atoms. The van der Waals surface area contributed by atoms with Crippen LogP contribution in [0.15, 0.2) is 30.7 Å². The van der Waals surface area contributed by atoms with Crippen LogP contribution in [0.2, 0.25) is 0 Å². The molecule has 2 aromatic heterocycles. The van der Waals surface area contributed by atoms with Crippen molar-refractivity contribution in [3.63, 3.8) is 0 Å². The van der Waals surface area contributed by atoms with E-state index in [2.05, 4.69) is 15.2 Å².